The van der Waals surface area contributed by atoms with Crippen molar-refractivity contribution in [3.63, 3.8) is 0 Å². The van der Waals surface area contributed by atoms with Gasteiger partial charge in [-0.15, -0.1) is 0 Å². The molecule has 204 valence electrons. The van der Waals surface area contributed by atoms with E-state index in [1.165, 1.54) is 11.1 Å². The van der Waals surface area contributed by atoms with Crippen LogP contribution in [0, 0.1) is 5.92 Å². The number of aliphatic hydroxyl groups is 2. The molecular formula is C32H35O7+. The molecule has 0 amide bonds. The predicted octanol–water partition coefficient (Wildman–Crippen LogP) is 4.40. The van der Waals surface area contributed by atoms with Crippen molar-refractivity contribution in [2.75, 3.05) is 26.4 Å². The largest absolute Gasteiger partial charge is 0.491 e. The van der Waals surface area contributed by atoms with Crippen molar-refractivity contribution in [3.8, 4) is 11.5 Å². The number of esters is 2. The predicted molar refractivity (Wildman–Crippen MR) is 146 cm³/mol. The summed E-state index contributed by atoms with van der Waals surface area (Å²) in [7, 11) is 0. The van der Waals surface area contributed by atoms with Crippen molar-refractivity contribution in [3.05, 3.63) is 95.1 Å². The molecule has 39 heavy (non-hydrogen) atoms. The molecule has 7 nitrogen and oxygen atoms in total. The number of epoxide rings is 2. The standard InChI is InChI=1S/C19H20O4.C13H14O3/c1-5-16(20-10-18-12-22-18)6-2-14(1)9-15-3-7-17(8-4-15)21-11-19-13-23-19;1-3-9-6-4-5-7-10(9)11-8(2)12(14)16-13(11)15/h1-8,18-19H,9-13H2;4-8,11H,3H2,1-2H3/p+1. The maximum absolute atomic E-state index is 11.6. The minimum absolute atomic E-state index is 0.295. The van der Waals surface area contributed by atoms with E-state index < -0.39 is 17.9 Å². The molecule has 0 aliphatic carbocycles. The summed E-state index contributed by atoms with van der Waals surface area (Å²) in [6.07, 6.45) is 2.47. The number of cyclic esters (lactones) is 2. The quantitative estimate of drug-likeness (QED) is 0.167. The zero-order valence-electron chi connectivity index (χ0n) is 22.4. The molecule has 0 saturated carbocycles. The molecule has 3 aromatic rings. The van der Waals surface area contributed by atoms with Gasteiger partial charge in [0, 0.05) is 0 Å². The molecule has 3 aromatic carbocycles. The first kappa shape index (κ1) is 26.9. The third-order valence-electron chi connectivity index (χ3n) is 7.07. The fourth-order valence-electron chi connectivity index (χ4n) is 4.52. The van der Waals surface area contributed by atoms with E-state index in [9.17, 15) is 9.59 Å². The normalized spacial score (nSPS) is 22.9. The Hall–Kier alpha value is -3.68. The lowest BCUT2D eigenvalue weighted by molar-refractivity contribution is -0.153. The van der Waals surface area contributed by atoms with E-state index in [4.69, 9.17) is 14.2 Å². The van der Waals surface area contributed by atoms with Crippen molar-refractivity contribution in [2.24, 2.45) is 5.92 Å². The second kappa shape index (κ2) is 12.5. The summed E-state index contributed by atoms with van der Waals surface area (Å²) in [5.74, 6) is 0.184. The van der Waals surface area contributed by atoms with Gasteiger partial charge in [0.2, 0.25) is 6.61 Å². The molecule has 0 spiro atoms. The summed E-state index contributed by atoms with van der Waals surface area (Å²) in [5.41, 5.74) is 4.57. The van der Waals surface area contributed by atoms with Crippen LogP contribution in [-0.2, 0) is 31.9 Å². The van der Waals surface area contributed by atoms with Gasteiger partial charge in [-0.3, -0.25) is 9.59 Å². The number of benzene rings is 3. The molecule has 0 aromatic heterocycles. The second-order valence-electron chi connectivity index (χ2n) is 10.1. The first-order valence-corrected chi connectivity index (χ1v) is 13.5. The number of aryl methyl sites for hydroxylation is 1. The minimum Gasteiger partial charge on any atom is -0.491 e. The van der Waals surface area contributed by atoms with Gasteiger partial charge in [-0.05, 0) is 59.4 Å². The van der Waals surface area contributed by atoms with Gasteiger partial charge in [-0.1, -0.05) is 62.4 Å². The fourth-order valence-corrected chi connectivity index (χ4v) is 4.52. The number of hydrogen-bond donors (Lipinski definition) is 0. The van der Waals surface area contributed by atoms with Crippen molar-refractivity contribution in [1.29, 1.82) is 0 Å². The van der Waals surface area contributed by atoms with Crippen LogP contribution in [0.1, 0.15) is 42.0 Å². The Bertz CT molecular complexity index is 1200. The van der Waals surface area contributed by atoms with Crippen LogP contribution in [0.5, 0.6) is 11.5 Å². The molecule has 6 rings (SSSR count). The number of carbonyl (C=O) groups excluding carboxylic acids is 2. The third-order valence-corrected chi connectivity index (χ3v) is 7.07. The molecule has 4 unspecified atom stereocenters. The van der Waals surface area contributed by atoms with Crippen LogP contribution in [0.2, 0.25) is 0 Å². The maximum Gasteiger partial charge on any atom is 0.321 e. The van der Waals surface area contributed by atoms with E-state index >= 15 is 0 Å². The summed E-state index contributed by atoms with van der Waals surface area (Å²) < 4.78 is 25.3. The van der Waals surface area contributed by atoms with Crippen LogP contribution in [0.25, 0.3) is 0 Å². The van der Waals surface area contributed by atoms with Gasteiger partial charge in [-0.25, -0.2) is 0 Å². The Labute approximate surface area is 229 Å². The van der Waals surface area contributed by atoms with E-state index in [1.807, 2.05) is 55.5 Å². The zero-order valence-corrected chi connectivity index (χ0v) is 22.4. The molecule has 4 atom stereocenters. The molecule has 0 bridgehead atoms. The van der Waals surface area contributed by atoms with Gasteiger partial charge in [0.1, 0.15) is 24.2 Å². The van der Waals surface area contributed by atoms with Gasteiger partial charge in [0.25, 0.3) is 6.10 Å². The Morgan fingerprint density at radius 2 is 1.44 bits per heavy atom. The summed E-state index contributed by atoms with van der Waals surface area (Å²) in [4.78, 5) is 22.9. The molecule has 3 heterocycles. The van der Waals surface area contributed by atoms with Gasteiger partial charge in [-0.2, -0.15) is 0 Å². The maximum atomic E-state index is 11.6. The lowest BCUT2D eigenvalue weighted by Gasteiger charge is -2.13. The van der Waals surface area contributed by atoms with Crippen LogP contribution in [0.4, 0.5) is 0 Å². The highest BCUT2D eigenvalue weighted by atomic mass is 16.6. The first-order chi connectivity index (χ1) is 19.0. The summed E-state index contributed by atoms with van der Waals surface area (Å²) >= 11 is 0. The summed E-state index contributed by atoms with van der Waals surface area (Å²) in [5, 5.41) is 0. The zero-order chi connectivity index (χ0) is 27.2. The van der Waals surface area contributed by atoms with Crippen molar-refractivity contribution < 1.29 is 33.3 Å². The number of hydrogen-bond acceptors (Lipinski definition) is 6. The van der Waals surface area contributed by atoms with Gasteiger partial charge < -0.3 is 23.7 Å². The number of rotatable bonds is 10. The lowest BCUT2D eigenvalue weighted by atomic mass is 9.86. The van der Waals surface area contributed by atoms with E-state index in [0.29, 0.717) is 25.4 Å². The SMILES string of the molecule is CCc1ccccc1C1C(=O)OC(=O)C1C.c1cc(OCC2CO2)ccc1Cc1ccc(OCC2C[OH+]2)cc1. The fraction of sp³-hybridized carbons (Fsp3) is 0.375. The smallest absolute Gasteiger partial charge is 0.321 e. The molecular weight excluding hydrogens is 496 g/mol. The average molecular weight is 532 g/mol. The molecule has 7 heteroatoms. The third kappa shape index (κ3) is 7.46. The van der Waals surface area contributed by atoms with E-state index in [1.54, 1.807) is 6.92 Å². The molecule has 0 radical (unpaired) electrons. The highest BCUT2D eigenvalue weighted by molar-refractivity contribution is 5.99. The van der Waals surface area contributed by atoms with Crippen molar-refractivity contribution in [2.45, 2.75) is 44.8 Å². The van der Waals surface area contributed by atoms with Crippen LogP contribution in [0.3, 0.4) is 0 Å². The lowest BCUT2D eigenvalue weighted by Crippen LogP contribution is -2.14. The number of carbonyl (C=O) groups is 2. The Morgan fingerprint density at radius 3 is 1.95 bits per heavy atom. The Balaban J connectivity index is 0.000000169. The van der Waals surface area contributed by atoms with Crippen molar-refractivity contribution >= 4 is 11.9 Å². The minimum atomic E-state index is -0.427. The molecule has 3 saturated heterocycles. The van der Waals surface area contributed by atoms with Gasteiger partial charge >= 0.3 is 11.9 Å². The second-order valence-corrected chi connectivity index (χ2v) is 10.1. The highest BCUT2D eigenvalue weighted by Gasteiger charge is 2.42. The first-order valence-electron chi connectivity index (χ1n) is 13.5. The van der Waals surface area contributed by atoms with Crippen LogP contribution in [-0.4, -0.2) is 55.3 Å². The van der Waals surface area contributed by atoms with Crippen LogP contribution in [0.15, 0.2) is 72.8 Å². The van der Waals surface area contributed by atoms with Gasteiger partial charge in [0.15, 0.2) is 6.61 Å². The van der Waals surface area contributed by atoms with Crippen LogP contribution < -0.4 is 9.47 Å². The Morgan fingerprint density at radius 1 is 0.846 bits per heavy atom. The van der Waals surface area contributed by atoms with E-state index in [-0.39, 0.29) is 5.92 Å². The van der Waals surface area contributed by atoms with E-state index in [0.717, 1.165) is 48.7 Å². The van der Waals surface area contributed by atoms with Crippen LogP contribution >= 0.6 is 0 Å². The molecule has 3 aliphatic heterocycles. The highest BCUT2D eigenvalue weighted by Crippen LogP contribution is 2.34. The topological polar surface area (TPSA) is 87.2 Å². The average Bonchev–Trinajstić information content (AvgIpc) is 3.89. The summed E-state index contributed by atoms with van der Waals surface area (Å²) in [6.45, 7) is 6.90. The molecule has 3 aliphatic rings. The van der Waals surface area contributed by atoms with Crippen molar-refractivity contribution in [1.82, 2.24) is 0 Å². The van der Waals surface area contributed by atoms with Gasteiger partial charge in [0.05, 0.1) is 18.4 Å². The molecule has 3 fully saturated rings. The number of ether oxygens (including phenoxy) is 5. The summed E-state index contributed by atoms with van der Waals surface area (Å²) in [6, 6.07) is 24.3. The van der Waals surface area contributed by atoms with E-state index in [2.05, 4.69) is 33.7 Å². The monoisotopic (exact) mass is 531 g/mol. The Kier molecular flexibility index (Phi) is 8.59. The molecule has 1 N–H and O–H groups in total.